The van der Waals surface area contributed by atoms with Gasteiger partial charge >= 0.3 is 0 Å². The first-order chi connectivity index (χ1) is 8.72. The predicted molar refractivity (Wildman–Crippen MR) is 75.8 cm³/mol. The smallest absolute Gasteiger partial charge is 0.115 e. The molecule has 0 radical (unpaired) electrons. The van der Waals surface area contributed by atoms with Crippen molar-refractivity contribution in [1.29, 1.82) is 0 Å². The van der Waals surface area contributed by atoms with E-state index >= 15 is 0 Å². The monoisotopic (exact) mass is 247 g/mol. The number of hydrogen-bond donors (Lipinski definition) is 1. The molecule has 1 aliphatic carbocycles. The Hall–Kier alpha value is -1.02. The van der Waals surface area contributed by atoms with Gasteiger partial charge in [-0.25, -0.2) is 0 Å². The molecule has 2 nitrogen and oxygen atoms in total. The molecule has 0 aromatic heterocycles. The molecule has 0 saturated heterocycles. The highest BCUT2D eigenvalue weighted by atomic mass is 16.3. The molecule has 100 valence electrons. The molecule has 2 rings (SSSR count). The van der Waals surface area contributed by atoms with Crippen LogP contribution < -0.4 is 0 Å². The highest BCUT2D eigenvalue weighted by molar-refractivity contribution is 5.27. The van der Waals surface area contributed by atoms with Crippen LogP contribution in [0.15, 0.2) is 24.3 Å². The van der Waals surface area contributed by atoms with E-state index in [1.165, 1.54) is 37.7 Å². The number of aromatic hydroxyl groups is 1. The Kier molecular flexibility index (Phi) is 4.65. The van der Waals surface area contributed by atoms with E-state index in [2.05, 4.69) is 18.7 Å². The average Bonchev–Trinajstić information content (AvgIpc) is 2.41. The lowest BCUT2D eigenvalue weighted by Gasteiger charge is -2.38. The Morgan fingerprint density at radius 3 is 2.33 bits per heavy atom. The number of phenols is 1. The molecule has 0 aliphatic heterocycles. The fourth-order valence-corrected chi connectivity index (χ4v) is 3.21. The molecule has 0 spiro atoms. The van der Waals surface area contributed by atoms with E-state index in [9.17, 15) is 5.11 Å². The molecule has 1 unspecified atom stereocenters. The molecule has 0 heterocycles. The second kappa shape index (κ2) is 6.24. The Balaban J connectivity index is 2.08. The van der Waals surface area contributed by atoms with E-state index in [4.69, 9.17) is 0 Å². The molecule has 0 amide bonds. The van der Waals surface area contributed by atoms with E-state index in [0.29, 0.717) is 11.8 Å². The van der Waals surface area contributed by atoms with Crippen LogP contribution in [0.4, 0.5) is 0 Å². The minimum absolute atomic E-state index is 0.353. The van der Waals surface area contributed by atoms with Crippen molar-refractivity contribution < 1.29 is 5.11 Å². The van der Waals surface area contributed by atoms with Crippen LogP contribution in [0.3, 0.4) is 0 Å². The van der Waals surface area contributed by atoms with Crippen molar-refractivity contribution in [2.75, 3.05) is 6.54 Å². The van der Waals surface area contributed by atoms with Gasteiger partial charge in [0.1, 0.15) is 5.75 Å². The first-order valence-corrected chi connectivity index (χ1v) is 7.27. The summed E-state index contributed by atoms with van der Waals surface area (Å²) in [5.74, 6) is 0.353. The fraction of sp³-hybridized carbons (Fsp3) is 0.625. The number of phenolic OH excluding ortho intramolecular Hbond substituents is 1. The van der Waals surface area contributed by atoms with Crippen LogP contribution in [0.1, 0.15) is 57.6 Å². The molecule has 1 fully saturated rings. The lowest BCUT2D eigenvalue weighted by Crippen LogP contribution is -2.38. The second-order valence-electron chi connectivity index (χ2n) is 5.39. The van der Waals surface area contributed by atoms with Crippen LogP contribution in [0.25, 0.3) is 0 Å². The van der Waals surface area contributed by atoms with Gasteiger partial charge in [-0.15, -0.1) is 0 Å². The standard InChI is InChI=1S/C16H25NO/c1-3-17(15-7-5-4-6-8-15)13(2)14-9-11-16(18)12-10-14/h9-13,15,18H,3-8H2,1-2H3. The summed E-state index contributed by atoms with van der Waals surface area (Å²) in [4.78, 5) is 2.62. The maximum Gasteiger partial charge on any atom is 0.115 e. The first kappa shape index (κ1) is 13.4. The zero-order valence-corrected chi connectivity index (χ0v) is 11.6. The molecule has 1 atom stereocenters. The SMILES string of the molecule is CCN(C1CCCCC1)C(C)c1ccc(O)cc1. The molecule has 1 aromatic rings. The minimum atomic E-state index is 0.353. The van der Waals surface area contributed by atoms with Gasteiger partial charge in [-0.05, 0) is 44.0 Å². The third kappa shape index (κ3) is 3.05. The molecule has 2 heteroatoms. The van der Waals surface area contributed by atoms with Crippen LogP contribution in [0.5, 0.6) is 5.75 Å². The third-order valence-corrected chi connectivity index (χ3v) is 4.28. The lowest BCUT2D eigenvalue weighted by molar-refractivity contribution is 0.119. The van der Waals surface area contributed by atoms with Crippen LogP contribution in [0.2, 0.25) is 0 Å². The van der Waals surface area contributed by atoms with Crippen molar-refractivity contribution in [3.8, 4) is 5.75 Å². The van der Waals surface area contributed by atoms with Gasteiger partial charge in [0.2, 0.25) is 0 Å². The van der Waals surface area contributed by atoms with Crippen LogP contribution in [0, 0.1) is 0 Å². The van der Waals surface area contributed by atoms with Crippen molar-refractivity contribution in [3.63, 3.8) is 0 Å². The molecular formula is C16H25NO. The largest absolute Gasteiger partial charge is 0.508 e. The number of nitrogens with zero attached hydrogens (tertiary/aromatic N) is 1. The lowest BCUT2D eigenvalue weighted by atomic mass is 9.92. The average molecular weight is 247 g/mol. The zero-order valence-electron chi connectivity index (χ0n) is 11.6. The Bertz CT molecular complexity index is 354. The third-order valence-electron chi connectivity index (χ3n) is 4.28. The van der Waals surface area contributed by atoms with Gasteiger partial charge in [-0.1, -0.05) is 38.3 Å². The van der Waals surface area contributed by atoms with Gasteiger partial charge in [-0.3, -0.25) is 4.90 Å². The van der Waals surface area contributed by atoms with E-state index in [1.807, 2.05) is 12.1 Å². The molecule has 1 aromatic carbocycles. The van der Waals surface area contributed by atoms with Crippen molar-refractivity contribution in [3.05, 3.63) is 29.8 Å². The van der Waals surface area contributed by atoms with Crippen molar-refractivity contribution >= 4 is 0 Å². The fourth-order valence-electron chi connectivity index (χ4n) is 3.21. The summed E-state index contributed by atoms with van der Waals surface area (Å²) in [7, 11) is 0. The van der Waals surface area contributed by atoms with Gasteiger partial charge < -0.3 is 5.11 Å². The Morgan fingerprint density at radius 1 is 1.17 bits per heavy atom. The maximum atomic E-state index is 9.37. The summed E-state index contributed by atoms with van der Waals surface area (Å²) in [5.41, 5.74) is 1.31. The quantitative estimate of drug-likeness (QED) is 0.865. The van der Waals surface area contributed by atoms with Gasteiger partial charge in [0, 0.05) is 12.1 Å². The van der Waals surface area contributed by atoms with Gasteiger partial charge in [0.15, 0.2) is 0 Å². The van der Waals surface area contributed by atoms with Crippen molar-refractivity contribution in [2.24, 2.45) is 0 Å². The van der Waals surface area contributed by atoms with E-state index in [1.54, 1.807) is 12.1 Å². The number of hydrogen-bond acceptors (Lipinski definition) is 2. The molecule has 1 saturated carbocycles. The molecule has 1 N–H and O–H groups in total. The topological polar surface area (TPSA) is 23.5 Å². The van der Waals surface area contributed by atoms with Gasteiger partial charge in [0.25, 0.3) is 0 Å². The Labute approximate surface area is 111 Å². The first-order valence-electron chi connectivity index (χ1n) is 7.27. The van der Waals surface area contributed by atoms with E-state index < -0.39 is 0 Å². The van der Waals surface area contributed by atoms with Crippen molar-refractivity contribution in [1.82, 2.24) is 4.90 Å². The second-order valence-corrected chi connectivity index (χ2v) is 5.39. The highest BCUT2D eigenvalue weighted by Crippen LogP contribution is 2.30. The maximum absolute atomic E-state index is 9.37. The predicted octanol–water partition coefficient (Wildman–Crippen LogP) is 4.11. The molecule has 18 heavy (non-hydrogen) atoms. The summed E-state index contributed by atoms with van der Waals surface area (Å²) < 4.78 is 0. The zero-order chi connectivity index (χ0) is 13.0. The Morgan fingerprint density at radius 2 is 1.78 bits per heavy atom. The molecule has 1 aliphatic rings. The number of benzene rings is 1. The van der Waals surface area contributed by atoms with Crippen LogP contribution in [-0.4, -0.2) is 22.6 Å². The molecule has 0 bridgehead atoms. The molecular weight excluding hydrogens is 222 g/mol. The summed E-state index contributed by atoms with van der Waals surface area (Å²) in [5, 5.41) is 9.37. The normalized spacial score (nSPS) is 19.1. The van der Waals surface area contributed by atoms with E-state index in [-0.39, 0.29) is 0 Å². The van der Waals surface area contributed by atoms with Gasteiger partial charge in [-0.2, -0.15) is 0 Å². The van der Waals surface area contributed by atoms with E-state index in [0.717, 1.165) is 12.6 Å². The van der Waals surface area contributed by atoms with Crippen LogP contribution in [-0.2, 0) is 0 Å². The summed E-state index contributed by atoms with van der Waals surface area (Å²) in [6.07, 6.45) is 6.85. The summed E-state index contributed by atoms with van der Waals surface area (Å²) in [6, 6.07) is 8.86. The van der Waals surface area contributed by atoms with Crippen molar-refractivity contribution in [2.45, 2.75) is 58.0 Å². The van der Waals surface area contributed by atoms with Gasteiger partial charge in [0.05, 0.1) is 0 Å². The van der Waals surface area contributed by atoms with Crippen LogP contribution >= 0.6 is 0 Å². The minimum Gasteiger partial charge on any atom is -0.508 e. The highest BCUT2D eigenvalue weighted by Gasteiger charge is 2.24. The number of rotatable bonds is 4. The summed E-state index contributed by atoms with van der Waals surface area (Å²) >= 11 is 0. The summed E-state index contributed by atoms with van der Waals surface area (Å²) in [6.45, 7) is 5.64.